The number of piperidine rings is 2. The van der Waals surface area contributed by atoms with Gasteiger partial charge in [-0.05, 0) is 201 Å². The zero-order chi connectivity index (χ0) is 81.2. The third-order valence-electron chi connectivity index (χ3n) is 17.3. The van der Waals surface area contributed by atoms with Gasteiger partial charge in [0.15, 0.2) is 27.1 Å². The summed E-state index contributed by atoms with van der Waals surface area (Å²) in [6.07, 6.45) is 2.30. The Hall–Kier alpha value is -4.03. The molecule has 10 heterocycles. The van der Waals surface area contributed by atoms with E-state index in [-0.39, 0.29) is 85.3 Å². The highest BCUT2D eigenvalue weighted by Gasteiger charge is 2.49. The molecule has 0 saturated carbocycles. The SMILES string of the molecule is CC(C)(C)OC(=O)Nc1cc(I)c(Cl)c(Cl)n1.CN(C(=O)OC(C)(C)C)c1cc(B(O)O)c(Cl)c(Cl)n1.CN(C(=O)OC(C)(C)C)c1cc(I)c(Cl)c(Cl)n1.CNc1cc(-c2nc(CO)c(N3CCC4(CC3)CO[C@@H](C)[C@H]4N)nc2C)c(Cl)c(Cl)n1.Cc1nc(N2CCC3(CC2)CO[C@@H](C)[C@H]3N)c(CO)nc1Br. The van der Waals surface area contributed by atoms with Gasteiger partial charge in [-0.2, -0.15) is 0 Å². The van der Waals surface area contributed by atoms with Crippen LogP contribution in [0.1, 0.15) is 125 Å². The normalized spacial score (nSPS) is 17.9. The molecule has 6 aromatic heterocycles. The summed E-state index contributed by atoms with van der Waals surface area (Å²) in [6.45, 7) is 28.2. The molecule has 10 N–H and O–H groups in total. The number of aryl methyl sites for hydroxylation is 2. The van der Waals surface area contributed by atoms with Crippen LogP contribution >= 0.6 is 154 Å². The zero-order valence-electron chi connectivity index (χ0n) is 62.4. The van der Waals surface area contributed by atoms with Gasteiger partial charge >= 0.3 is 25.4 Å². The zero-order valence-corrected chi connectivity index (χ0v) is 74.4. The summed E-state index contributed by atoms with van der Waals surface area (Å²) in [5, 5.41) is 44.8. The molecule has 10 rings (SSSR count). The molecule has 108 heavy (non-hydrogen) atoms. The minimum Gasteiger partial charge on any atom is -0.444 e. The molecule has 0 radical (unpaired) electrons. The molecule has 40 heteroatoms. The average molecular weight is 1950 g/mol. The van der Waals surface area contributed by atoms with Crippen LogP contribution in [0, 0.1) is 31.8 Å². The molecule has 4 aliphatic rings. The molecule has 0 aliphatic carbocycles. The highest BCUT2D eigenvalue weighted by atomic mass is 127. The van der Waals surface area contributed by atoms with Gasteiger partial charge in [-0.15, -0.1) is 0 Å². The highest BCUT2D eigenvalue weighted by molar-refractivity contribution is 14.1. The number of amides is 3. The Morgan fingerprint density at radius 2 is 1.00 bits per heavy atom. The summed E-state index contributed by atoms with van der Waals surface area (Å²) in [4.78, 5) is 76.6. The number of rotatable bonds is 10. The van der Waals surface area contributed by atoms with Crippen molar-refractivity contribution in [2.75, 3.05) is 90.8 Å². The van der Waals surface area contributed by atoms with Crippen molar-refractivity contribution in [2.45, 2.75) is 170 Å². The van der Waals surface area contributed by atoms with Crippen LogP contribution in [0.15, 0.2) is 28.9 Å². The highest BCUT2D eigenvalue weighted by Crippen LogP contribution is 2.45. The minimum absolute atomic E-state index is 0.0164. The molecule has 0 bridgehead atoms. The van der Waals surface area contributed by atoms with E-state index in [0.29, 0.717) is 81.5 Å². The first kappa shape index (κ1) is 92.8. The number of ether oxygens (including phenoxy) is 5. The van der Waals surface area contributed by atoms with Gasteiger partial charge in [0, 0.05) is 88.4 Å². The molecule has 4 saturated heterocycles. The van der Waals surface area contributed by atoms with E-state index in [0.717, 1.165) is 78.5 Å². The van der Waals surface area contributed by atoms with Crippen molar-refractivity contribution in [1.29, 1.82) is 0 Å². The number of carbonyl (C=O) groups is 3. The Bertz CT molecular complexity index is 4140. The van der Waals surface area contributed by atoms with Gasteiger partial charge in [-0.1, -0.05) is 92.8 Å². The molecule has 4 fully saturated rings. The number of aromatic nitrogens is 8. The van der Waals surface area contributed by atoms with Crippen LogP contribution in [0.5, 0.6) is 0 Å². The average Bonchev–Trinajstić information content (AvgIpc) is 1.64. The number of aliphatic hydroxyl groups excluding tert-OH is 2. The maximum atomic E-state index is 11.9. The second-order valence-corrected chi connectivity index (χ2v) is 34.7. The Kier molecular flexibility index (Phi) is 33.8. The van der Waals surface area contributed by atoms with Crippen LogP contribution in [0.4, 0.5) is 49.3 Å². The first-order valence-electron chi connectivity index (χ1n) is 33.7. The Labute approximate surface area is 705 Å². The molecule has 4 atom stereocenters. The van der Waals surface area contributed by atoms with Gasteiger partial charge in [0.2, 0.25) is 0 Å². The number of hydrogen-bond acceptors (Lipinski definition) is 25. The van der Waals surface area contributed by atoms with Crippen molar-refractivity contribution < 1.29 is 58.3 Å². The second-order valence-electron chi connectivity index (χ2n) is 28.7. The van der Waals surface area contributed by atoms with Crippen LogP contribution in [-0.2, 0) is 36.9 Å². The lowest BCUT2D eigenvalue weighted by molar-refractivity contribution is 0.0577. The van der Waals surface area contributed by atoms with Crippen LogP contribution < -0.4 is 47.2 Å². The lowest BCUT2D eigenvalue weighted by Crippen LogP contribution is -2.51. The monoisotopic (exact) mass is 1950 g/mol. The standard InChI is InChI=1S/C21H28Cl2N6O2.C15H23BrN4O2.C11H15BCl2N2O4.C11H13Cl2IN2O2.C10H11Cl2IN2O2/c1-11-17(13-8-15(25-3)28-19(23)16(13)22)27-14(9-30)20(26-11)29-6-4-21(5-7-29)10-31-12(2)18(21)24;1-9-13(16)19-11(7-21)14(18-9)20-5-3-15(4-6-20)8-22-10(2)12(15)17;1-11(2,3)20-10(17)16(4)7-5-6(12(18)19)8(13)9(14)15-7;1-11(2,3)18-10(17)16(4)7-5-6(14)8(12)9(13)15-7;1-10(2,3)17-9(16)15-6-4-5(13)7(11)8(12)14-6/h8,12,18,30H,4-7,9-10,24H2,1-3H3,(H,25,28);10,12,21H,3-8,17H2,1-2H3;5,18-19H,1-4H3;5H,1-4H3;4H,1-3H3,(H,14,15,16)/t12-,18+;10-,12+;;;/m00.../s1. The number of carbonyl (C=O) groups excluding carboxylic acids is 3. The summed E-state index contributed by atoms with van der Waals surface area (Å²) in [5.74, 6) is 2.85. The summed E-state index contributed by atoms with van der Waals surface area (Å²) in [7, 11) is 2.92. The van der Waals surface area contributed by atoms with E-state index in [9.17, 15) is 34.6 Å². The van der Waals surface area contributed by atoms with Gasteiger partial charge in [0.1, 0.15) is 61.2 Å². The van der Waals surface area contributed by atoms with Crippen molar-refractivity contribution >= 4 is 220 Å². The molecule has 594 valence electrons. The molecule has 0 aromatic carbocycles. The molecule has 2 spiro atoms. The molecule has 28 nitrogen and oxygen atoms in total. The Balaban J connectivity index is 0.000000215. The first-order valence-corrected chi connectivity index (χ1v) is 39.7. The maximum Gasteiger partial charge on any atom is 0.490 e. The molecule has 3 amide bonds. The summed E-state index contributed by atoms with van der Waals surface area (Å²) < 4.78 is 29.2. The number of aliphatic hydroxyl groups is 2. The van der Waals surface area contributed by atoms with E-state index in [1.165, 1.54) is 18.0 Å². The molecule has 0 unspecified atom stereocenters. The van der Waals surface area contributed by atoms with Gasteiger partial charge < -0.3 is 70.5 Å². The van der Waals surface area contributed by atoms with Gasteiger partial charge in [-0.3, -0.25) is 15.1 Å². The van der Waals surface area contributed by atoms with Crippen molar-refractivity contribution in [3.05, 3.63) is 99.5 Å². The van der Waals surface area contributed by atoms with E-state index in [2.05, 4.69) is 73.2 Å². The molecule has 6 aromatic rings. The van der Waals surface area contributed by atoms with Crippen LogP contribution in [0.2, 0.25) is 40.7 Å². The summed E-state index contributed by atoms with van der Waals surface area (Å²) in [5.41, 5.74) is 14.9. The van der Waals surface area contributed by atoms with Crippen molar-refractivity contribution in [3.63, 3.8) is 0 Å². The van der Waals surface area contributed by atoms with Crippen molar-refractivity contribution in [3.8, 4) is 11.3 Å². The lowest BCUT2D eigenvalue weighted by Gasteiger charge is -2.42. The Morgan fingerprint density at radius 3 is 1.40 bits per heavy atom. The first-order chi connectivity index (χ1) is 50.1. The third kappa shape index (κ3) is 24.7. The largest absolute Gasteiger partial charge is 0.490 e. The van der Waals surface area contributed by atoms with Crippen molar-refractivity contribution in [2.24, 2.45) is 22.3 Å². The van der Waals surface area contributed by atoms with Crippen LogP contribution in [-0.4, -0.2) is 187 Å². The molecular formula is C68H90BBrCl8I2N16O12. The quantitative estimate of drug-likeness (QED) is 0.0273. The molecular weight excluding hydrogens is 1860 g/mol. The number of nitrogens with one attached hydrogen (secondary N) is 2. The number of halogens is 11. The van der Waals surface area contributed by atoms with E-state index in [4.69, 9.17) is 138 Å². The smallest absolute Gasteiger partial charge is 0.444 e. The number of hydrogen-bond donors (Lipinski definition) is 8. The van der Waals surface area contributed by atoms with E-state index >= 15 is 0 Å². The van der Waals surface area contributed by atoms with Gasteiger partial charge in [0.05, 0.1) is 75.8 Å². The second kappa shape index (κ2) is 39.3. The number of nitrogens with two attached hydrogens (primary N) is 2. The van der Waals surface area contributed by atoms with E-state index in [1.54, 1.807) is 94.6 Å². The lowest BCUT2D eigenvalue weighted by atomic mass is 9.73. The topological polar surface area (TPSA) is 370 Å². The fourth-order valence-electron chi connectivity index (χ4n) is 11.4. The minimum atomic E-state index is -1.83. The Morgan fingerprint density at radius 1 is 0.602 bits per heavy atom. The number of nitrogens with zero attached hydrogens (tertiary/aromatic N) is 12. The third-order valence-corrected chi connectivity index (χ3v) is 23.4. The van der Waals surface area contributed by atoms with Gasteiger partial charge in [-0.25, -0.2) is 54.3 Å². The van der Waals surface area contributed by atoms with E-state index in [1.807, 2.05) is 66.0 Å². The number of anilines is 6. The fourth-order valence-corrected chi connectivity index (χ4v) is 14.4. The molecule has 4 aliphatic heterocycles. The fraction of sp³-hybridized carbons (Fsp3) is 0.544. The van der Waals surface area contributed by atoms with Crippen LogP contribution in [0.3, 0.4) is 0 Å². The maximum absolute atomic E-state index is 11.9. The van der Waals surface area contributed by atoms with Crippen molar-refractivity contribution in [1.82, 2.24) is 39.9 Å². The predicted molar refractivity (Wildman–Crippen MR) is 448 cm³/mol. The summed E-state index contributed by atoms with van der Waals surface area (Å²) in [6, 6.07) is 6.45. The van der Waals surface area contributed by atoms with Crippen LogP contribution in [0.25, 0.3) is 11.3 Å². The van der Waals surface area contributed by atoms with Gasteiger partial charge in [0.25, 0.3) is 0 Å². The van der Waals surface area contributed by atoms with E-state index < -0.39 is 42.2 Å². The summed E-state index contributed by atoms with van der Waals surface area (Å²) >= 11 is 55.0. The number of pyridine rings is 4. The predicted octanol–water partition coefficient (Wildman–Crippen LogP) is 14.5.